The third kappa shape index (κ3) is 4.26. The largest absolute Gasteiger partial charge is 0.322 e. The molecule has 8 heteroatoms. The third-order valence-electron chi connectivity index (χ3n) is 4.19. The lowest BCUT2D eigenvalue weighted by Crippen LogP contribution is -2.15. The Balaban J connectivity index is 1.92. The van der Waals surface area contributed by atoms with Crippen molar-refractivity contribution in [3.8, 4) is 5.69 Å². The van der Waals surface area contributed by atoms with E-state index in [1.807, 2.05) is 26.0 Å². The van der Waals surface area contributed by atoms with E-state index in [1.54, 1.807) is 28.9 Å². The van der Waals surface area contributed by atoms with Gasteiger partial charge in [0.15, 0.2) is 9.84 Å². The van der Waals surface area contributed by atoms with Gasteiger partial charge in [0.2, 0.25) is 0 Å². The number of amides is 1. The number of hydrogen-bond acceptors (Lipinski definition) is 4. The van der Waals surface area contributed by atoms with E-state index in [-0.39, 0.29) is 16.7 Å². The summed E-state index contributed by atoms with van der Waals surface area (Å²) in [6.07, 6.45) is 2.66. The highest BCUT2D eigenvalue weighted by Gasteiger charge is 2.21. The van der Waals surface area contributed by atoms with E-state index in [4.69, 9.17) is 11.6 Å². The summed E-state index contributed by atoms with van der Waals surface area (Å²) in [6, 6.07) is 13.3. The summed E-state index contributed by atoms with van der Waals surface area (Å²) in [5.41, 5.74) is 2.48. The minimum atomic E-state index is -3.29. The van der Waals surface area contributed by atoms with Crippen LogP contribution in [0.1, 0.15) is 35.8 Å². The van der Waals surface area contributed by atoms with Crippen molar-refractivity contribution < 1.29 is 13.2 Å². The van der Waals surface area contributed by atoms with Crippen LogP contribution >= 0.6 is 11.6 Å². The smallest absolute Gasteiger partial charge is 0.259 e. The Kier molecular flexibility index (Phi) is 5.58. The lowest BCUT2D eigenvalue weighted by molar-refractivity contribution is 0.102. The van der Waals surface area contributed by atoms with Gasteiger partial charge in [0.1, 0.15) is 0 Å². The number of nitrogens with zero attached hydrogens (tertiary/aromatic N) is 2. The second-order valence-electron chi connectivity index (χ2n) is 6.74. The van der Waals surface area contributed by atoms with Crippen LogP contribution in [-0.2, 0) is 9.84 Å². The molecule has 1 aromatic heterocycles. The molecule has 6 nitrogen and oxygen atoms in total. The van der Waals surface area contributed by atoms with Gasteiger partial charge < -0.3 is 5.32 Å². The molecule has 0 aliphatic carbocycles. The number of anilines is 1. The molecule has 0 unspecified atom stereocenters. The van der Waals surface area contributed by atoms with Gasteiger partial charge in [-0.05, 0) is 48.4 Å². The molecule has 0 aliphatic heterocycles. The highest BCUT2D eigenvalue weighted by molar-refractivity contribution is 7.90. The van der Waals surface area contributed by atoms with Crippen LogP contribution in [0.15, 0.2) is 59.6 Å². The first-order valence-electron chi connectivity index (χ1n) is 8.62. The summed E-state index contributed by atoms with van der Waals surface area (Å²) >= 11 is 6.08. The summed E-state index contributed by atoms with van der Waals surface area (Å²) < 4.78 is 24.8. The summed E-state index contributed by atoms with van der Waals surface area (Å²) in [5.74, 6) is -0.279. The van der Waals surface area contributed by atoms with Gasteiger partial charge in [-0.15, -0.1) is 0 Å². The van der Waals surface area contributed by atoms with Crippen LogP contribution in [0, 0.1) is 0 Å². The molecule has 28 heavy (non-hydrogen) atoms. The quantitative estimate of drug-likeness (QED) is 0.670. The molecule has 0 aliphatic rings. The van der Waals surface area contributed by atoms with Gasteiger partial charge in [0, 0.05) is 17.0 Å². The Hall–Kier alpha value is -2.64. The van der Waals surface area contributed by atoms with Gasteiger partial charge in [-0.25, -0.2) is 13.1 Å². The summed E-state index contributed by atoms with van der Waals surface area (Å²) in [7, 11) is -3.29. The molecular weight excluding hydrogens is 398 g/mol. The second kappa shape index (κ2) is 7.77. The molecule has 0 radical (unpaired) electrons. The number of carbonyl (C=O) groups excluding carboxylic acids is 1. The van der Waals surface area contributed by atoms with Crippen molar-refractivity contribution in [2.24, 2.45) is 0 Å². The first kappa shape index (κ1) is 20.1. The third-order valence-corrected chi connectivity index (χ3v) is 5.55. The molecule has 1 amide bonds. The average Bonchev–Trinajstić information content (AvgIpc) is 3.07. The minimum Gasteiger partial charge on any atom is -0.322 e. The number of rotatable bonds is 5. The number of aromatic nitrogens is 2. The Morgan fingerprint density at radius 1 is 1.14 bits per heavy atom. The fourth-order valence-electron chi connectivity index (χ4n) is 2.89. The van der Waals surface area contributed by atoms with Crippen LogP contribution in [0.25, 0.3) is 5.69 Å². The standard InChI is InChI=1S/C20H20ClN3O3S/c1-13(2)19-18(12-22-24(19)16-6-4-5-14(21)11-16)20(25)23-15-7-9-17(10-8-15)28(3,26)27/h4-13H,1-3H3,(H,23,25). The predicted molar refractivity (Wildman–Crippen MR) is 110 cm³/mol. The van der Waals surface area contributed by atoms with E-state index in [2.05, 4.69) is 10.4 Å². The van der Waals surface area contributed by atoms with Crippen LogP contribution in [-0.4, -0.2) is 30.4 Å². The Morgan fingerprint density at radius 3 is 2.39 bits per heavy atom. The number of sulfone groups is 1. The molecule has 0 bridgehead atoms. The lowest BCUT2D eigenvalue weighted by Gasteiger charge is -2.13. The van der Waals surface area contributed by atoms with Gasteiger partial charge in [0.25, 0.3) is 5.91 Å². The Bertz CT molecular complexity index is 1120. The number of benzene rings is 2. The highest BCUT2D eigenvalue weighted by Crippen LogP contribution is 2.25. The molecule has 0 atom stereocenters. The highest BCUT2D eigenvalue weighted by atomic mass is 35.5. The maximum atomic E-state index is 12.8. The van der Waals surface area contributed by atoms with Crippen LogP contribution < -0.4 is 5.32 Å². The maximum Gasteiger partial charge on any atom is 0.259 e. The minimum absolute atomic E-state index is 0.0369. The molecule has 3 rings (SSSR count). The number of carbonyl (C=O) groups is 1. The summed E-state index contributed by atoms with van der Waals surface area (Å²) in [5, 5.41) is 7.75. The maximum absolute atomic E-state index is 12.8. The zero-order chi connectivity index (χ0) is 20.5. The van der Waals surface area contributed by atoms with Crippen molar-refractivity contribution in [3.05, 3.63) is 71.0 Å². The van der Waals surface area contributed by atoms with Crippen molar-refractivity contribution in [2.45, 2.75) is 24.7 Å². The molecule has 1 N–H and O–H groups in total. The van der Waals surface area contributed by atoms with Crippen molar-refractivity contribution in [3.63, 3.8) is 0 Å². The van der Waals surface area contributed by atoms with Gasteiger partial charge in [-0.3, -0.25) is 4.79 Å². The zero-order valence-electron chi connectivity index (χ0n) is 15.7. The SMILES string of the molecule is CC(C)c1c(C(=O)Nc2ccc(S(C)(=O)=O)cc2)cnn1-c1cccc(Cl)c1. The molecule has 0 saturated heterocycles. The van der Waals surface area contributed by atoms with E-state index >= 15 is 0 Å². The first-order chi connectivity index (χ1) is 13.2. The van der Waals surface area contributed by atoms with Gasteiger partial charge in [0.05, 0.1) is 28.0 Å². The Morgan fingerprint density at radius 2 is 1.82 bits per heavy atom. The van der Waals surface area contributed by atoms with E-state index in [0.29, 0.717) is 16.3 Å². The molecule has 3 aromatic rings. The molecule has 0 saturated carbocycles. The topological polar surface area (TPSA) is 81.1 Å². The first-order valence-corrected chi connectivity index (χ1v) is 10.9. The molecule has 1 heterocycles. The monoisotopic (exact) mass is 417 g/mol. The van der Waals surface area contributed by atoms with Gasteiger partial charge >= 0.3 is 0 Å². The van der Waals surface area contributed by atoms with Crippen molar-refractivity contribution >= 4 is 33.0 Å². The Labute approximate surface area is 169 Å². The fourth-order valence-corrected chi connectivity index (χ4v) is 3.70. The molecular formula is C20H20ClN3O3S. The molecule has 0 fully saturated rings. The number of hydrogen-bond donors (Lipinski definition) is 1. The molecule has 0 spiro atoms. The zero-order valence-corrected chi connectivity index (χ0v) is 17.3. The van der Waals surface area contributed by atoms with Crippen LogP contribution in [0.3, 0.4) is 0 Å². The summed E-state index contributed by atoms with van der Waals surface area (Å²) in [4.78, 5) is 13.0. The van der Waals surface area contributed by atoms with Crippen molar-refractivity contribution in [1.29, 1.82) is 0 Å². The second-order valence-corrected chi connectivity index (χ2v) is 9.19. The normalized spacial score (nSPS) is 11.6. The van der Waals surface area contributed by atoms with E-state index in [1.165, 1.54) is 18.3 Å². The number of nitrogens with one attached hydrogen (secondary N) is 1. The average molecular weight is 418 g/mol. The fraction of sp³-hybridized carbons (Fsp3) is 0.200. The lowest BCUT2D eigenvalue weighted by atomic mass is 10.0. The van der Waals surface area contributed by atoms with Crippen LogP contribution in [0.4, 0.5) is 5.69 Å². The van der Waals surface area contributed by atoms with Crippen LogP contribution in [0.5, 0.6) is 0 Å². The van der Waals surface area contributed by atoms with Crippen molar-refractivity contribution in [2.75, 3.05) is 11.6 Å². The van der Waals surface area contributed by atoms with Crippen molar-refractivity contribution in [1.82, 2.24) is 9.78 Å². The van der Waals surface area contributed by atoms with E-state index in [0.717, 1.165) is 17.6 Å². The molecule has 2 aromatic carbocycles. The molecule has 146 valence electrons. The number of halogens is 1. The summed E-state index contributed by atoms with van der Waals surface area (Å²) in [6.45, 7) is 3.96. The van der Waals surface area contributed by atoms with E-state index < -0.39 is 9.84 Å². The predicted octanol–water partition coefficient (Wildman–Crippen LogP) is 4.30. The van der Waals surface area contributed by atoms with Gasteiger partial charge in [-0.2, -0.15) is 5.10 Å². The van der Waals surface area contributed by atoms with Crippen LogP contribution in [0.2, 0.25) is 5.02 Å². The van der Waals surface area contributed by atoms with E-state index in [9.17, 15) is 13.2 Å². The van der Waals surface area contributed by atoms with Gasteiger partial charge in [-0.1, -0.05) is 31.5 Å².